The van der Waals surface area contributed by atoms with Crippen LogP contribution < -0.4 is 4.90 Å². The van der Waals surface area contributed by atoms with Gasteiger partial charge in [-0.05, 0) is 72.7 Å². The first-order valence-corrected chi connectivity index (χ1v) is 14.3. The highest BCUT2D eigenvalue weighted by Crippen LogP contribution is 2.51. The van der Waals surface area contributed by atoms with Crippen molar-refractivity contribution >= 4 is 29.2 Å². The van der Waals surface area contributed by atoms with Gasteiger partial charge in [-0.3, -0.25) is 14.5 Å². The van der Waals surface area contributed by atoms with Crippen LogP contribution in [0.25, 0.3) is 11.6 Å². The van der Waals surface area contributed by atoms with E-state index >= 15 is 0 Å². The number of para-hydroxylation sites is 1. The van der Waals surface area contributed by atoms with E-state index in [-0.39, 0.29) is 42.3 Å². The van der Waals surface area contributed by atoms with Crippen LogP contribution in [0.15, 0.2) is 88.4 Å². The fourth-order valence-corrected chi connectivity index (χ4v) is 6.81. The molecule has 2 saturated heterocycles. The summed E-state index contributed by atoms with van der Waals surface area (Å²) in [5.41, 5.74) is 5.45. The molecule has 6 nitrogen and oxygen atoms in total. The Kier molecular flexibility index (Phi) is 7.55. The summed E-state index contributed by atoms with van der Waals surface area (Å²) in [6.45, 7) is 2.50. The van der Waals surface area contributed by atoms with Gasteiger partial charge < -0.3 is 14.3 Å². The first kappa shape index (κ1) is 26.5. The van der Waals surface area contributed by atoms with Gasteiger partial charge in [0.1, 0.15) is 18.1 Å². The van der Waals surface area contributed by atoms with Crippen LogP contribution in [0.4, 0.5) is 5.69 Å². The SMILES string of the molecule is CCCC1=C2[C@@H](CC/C(=C/c3ccc(CO)o3)c3ccccc3)OC[C@@H]2[C@@H]2C(=O)N(c3ccccc3)C(=O)[C@@H]2C1. The predicted octanol–water partition coefficient (Wildman–Crippen LogP) is 6.41. The molecule has 4 atom stereocenters. The Balaban J connectivity index is 1.27. The largest absolute Gasteiger partial charge is 0.459 e. The molecule has 3 aliphatic rings. The van der Waals surface area contributed by atoms with E-state index < -0.39 is 0 Å². The van der Waals surface area contributed by atoms with Crippen molar-refractivity contribution in [1.82, 2.24) is 0 Å². The topological polar surface area (TPSA) is 80.0 Å². The van der Waals surface area contributed by atoms with Crippen LogP contribution in [0.5, 0.6) is 0 Å². The van der Waals surface area contributed by atoms with Crippen LogP contribution in [-0.4, -0.2) is 29.6 Å². The number of aliphatic hydroxyl groups excluding tert-OH is 1. The average molecular weight is 538 g/mol. The van der Waals surface area contributed by atoms with Gasteiger partial charge >= 0.3 is 0 Å². The van der Waals surface area contributed by atoms with E-state index in [4.69, 9.17) is 9.15 Å². The summed E-state index contributed by atoms with van der Waals surface area (Å²) in [4.78, 5) is 28.7. The summed E-state index contributed by atoms with van der Waals surface area (Å²) in [6.07, 6.45) is 6.02. The maximum Gasteiger partial charge on any atom is 0.238 e. The van der Waals surface area contributed by atoms with Crippen LogP contribution in [0, 0.1) is 17.8 Å². The van der Waals surface area contributed by atoms with Crippen molar-refractivity contribution in [1.29, 1.82) is 0 Å². The summed E-state index contributed by atoms with van der Waals surface area (Å²) in [6, 6.07) is 23.2. The van der Waals surface area contributed by atoms with E-state index in [0.717, 1.165) is 36.8 Å². The molecule has 2 amide bonds. The van der Waals surface area contributed by atoms with Crippen molar-refractivity contribution in [3.8, 4) is 0 Å². The quantitative estimate of drug-likeness (QED) is 0.252. The monoisotopic (exact) mass is 537 g/mol. The lowest BCUT2D eigenvalue weighted by Gasteiger charge is -2.32. The number of fused-ring (bicyclic) bond motifs is 3. The number of imide groups is 1. The number of nitrogens with zero attached hydrogens (tertiary/aromatic N) is 1. The standard InChI is InChI=1S/C34H35NO5/c1-2-9-24-19-28-32(34(38)35(33(28)37)25-12-7-4-8-13-25)29-21-39-30(31(24)29)17-14-23(22-10-5-3-6-11-22)18-26-15-16-27(20-36)40-26/h3-8,10-13,15-16,18,28-30,32,36H,2,9,14,17,19-21H2,1H3/b23-18-/t28-,29+,30-,32-/m1/s1. The van der Waals surface area contributed by atoms with Crippen LogP contribution >= 0.6 is 0 Å². The minimum Gasteiger partial charge on any atom is -0.459 e. The van der Waals surface area contributed by atoms with E-state index in [1.54, 1.807) is 6.07 Å². The number of rotatable bonds is 9. The van der Waals surface area contributed by atoms with Crippen LogP contribution in [0.1, 0.15) is 56.1 Å². The second kappa shape index (κ2) is 11.4. The fraction of sp³-hybridized carbons (Fsp3) is 0.353. The van der Waals surface area contributed by atoms with Crippen LogP contribution in [0.3, 0.4) is 0 Å². The molecule has 40 heavy (non-hydrogen) atoms. The van der Waals surface area contributed by atoms with E-state index in [1.807, 2.05) is 60.7 Å². The van der Waals surface area contributed by atoms with E-state index in [2.05, 4.69) is 19.1 Å². The molecule has 2 aromatic carbocycles. The van der Waals surface area contributed by atoms with E-state index in [0.29, 0.717) is 30.2 Å². The Bertz CT molecular complexity index is 1440. The zero-order chi connectivity index (χ0) is 27.6. The smallest absolute Gasteiger partial charge is 0.238 e. The molecule has 6 rings (SSSR count). The van der Waals surface area contributed by atoms with Crippen LogP contribution in [-0.2, 0) is 20.9 Å². The number of allylic oxidation sites excluding steroid dienone is 2. The molecular formula is C34H35NO5. The first-order chi connectivity index (χ1) is 19.6. The Labute approximate surface area is 235 Å². The van der Waals surface area contributed by atoms with Gasteiger partial charge in [0.15, 0.2) is 0 Å². The molecule has 2 aliphatic heterocycles. The molecule has 2 fully saturated rings. The molecule has 3 aromatic rings. The highest BCUT2D eigenvalue weighted by atomic mass is 16.5. The van der Waals surface area contributed by atoms with Gasteiger partial charge in [-0.2, -0.15) is 0 Å². The molecule has 0 unspecified atom stereocenters. The molecule has 0 radical (unpaired) electrons. The summed E-state index contributed by atoms with van der Waals surface area (Å²) in [7, 11) is 0. The zero-order valence-corrected chi connectivity index (χ0v) is 22.8. The number of carbonyl (C=O) groups is 2. The van der Waals surface area contributed by atoms with Crippen molar-refractivity contribution in [2.24, 2.45) is 17.8 Å². The lowest BCUT2D eigenvalue weighted by molar-refractivity contribution is -0.122. The number of hydrogen-bond acceptors (Lipinski definition) is 5. The number of benzene rings is 2. The Hall–Kier alpha value is -3.74. The lowest BCUT2D eigenvalue weighted by atomic mass is 9.68. The molecule has 206 valence electrons. The minimum atomic E-state index is -0.363. The molecule has 1 N–H and O–H groups in total. The maximum absolute atomic E-state index is 13.7. The molecular weight excluding hydrogens is 502 g/mol. The minimum absolute atomic E-state index is 0.0585. The molecule has 0 bridgehead atoms. The number of amides is 2. The molecule has 3 heterocycles. The number of carbonyl (C=O) groups excluding carboxylic acids is 2. The Morgan fingerprint density at radius 2 is 1.73 bits per heavy atom. The van der Waals surface area contributed by atoms with Gasteiger partial charge in [0.2, 0.25) is 11.8 Å². The zero-order valence-electron chi connectivity index (χ0n) is 22.8. The number of aliphatic hydroxyl groups is 1. The third-order valence-corrected chi connectivity index (χ3v) is 8.55. The Morgan fingerprint density at radius 1 is 0.975 bits per heavy atom. The second-order valence-corrected chi connectivity index (χ2v) is 11.0. The molecule has 0 spiro atoms. The van der Waals surface area contributed by atoms with Crippen molar-refractivity contribution < 1.29 is 23.8 Å². The molecule has 0 saturated carbocycles. The van der Waals surface area contributed by atoms with Crippen LogP contribution in [0.2, 0.25) is 0 Å². The molecule has 1 aromatic heterocycles. The van der Waals surface area contributed by atoms with E-state index in [9.17, 15) is 14.7 Å². The van der Waals surface area contributed by atoms with E-state index in [1.165, 1.54) is 16.0 Å². The normalized spacial score (nSPS) is 24.6. The highest BCUT2D eigenvalue weighted by Gasteiger charge is 2.57. The van der Waals surface area contributed by atoms with Crippen molar-refractivity contribution in [2.75, 3.05) is 11.5 Å². The number of hydrogen-bond donors (Lipinski definition) is 1. The first-order valence-electron chi connectivity index (χ1n) is 14.3. The molecule has 6 heteroatoms. The predicted molar refractivity (Wildman–Crippen MR) is 154 cm³/mol. The second-order valence-electron chi connectivity index (χ2n) is 11.0. The average Bonchev–Trinajstić information content (AvgIpc) is 3.69. The van der Waals surface area contributed by atoms with Gasteiger partial charge in [-0.25, -0.2) is 0 Å². The Morgan fingerprint density at radius 3 is 2.42 bits per heavy atom. The number of furan rings is 1. The summed E-state index contributed by atoms with van der Waals surface area (Å²) in [5.74, 6) is 0.333. The highest BCUT2D eigenvalue weighted by molar-refractivity contribution is 6.22. The third kappa shape index (κ3) is 4.87. The van der Waals surface area contributed by atoms with Gasteiger partial charge in [0.25, 0.3) is 0 Å². The third-order valence-electron chi connectivity index (χ3n) is 8.55. The van der Waals surface area contributed by atoms with Crippen molar-refractivity contribution in [2.45, 2.75) is 51.7 Å². The summed E-state index contributed by atoms with van der Waals surface area (Å²) >= 11 is 0. The lowest BCUT2D eigenvalue weighted by Crippen LogP contribution is -2.34. The van der Waals surface area contributed by atoms with Gasteiger partial charge in [0.05, 0.1) is 30.2 Å². The van der Waals surface area contributed by atoms with Gasteiger partial charge in [0, 0.05) is 5.92 Å². The molecule has 1 aliphatic carbocycles. The summed E-state index contributed by atoms with van der Waals surface area (Å²) in [5, 5.41) is 9.42. The van der Waals surface area contributed by atoms with Gasteiger partial charge in [-0.1, -0.05) is 67.4 Å². The number of anilines is 1. The summed E-state index contributed by atoms with van der Waals surface area (Å²) < 4.78 is 12.2. The van der Waals surface area contributed by atoms with Crippen molar-refractivity contribution in [3.63, 3.8) is 0 Å². The van der Waals surface area contributed by atoms with Gasteiger partial charge in [-0.15, -0.1) is 0 Å². The fourth-order valence-electron chi connectivity index (χ4n) is 6.81. The maximum atomic E-state index is 13.7. The van der Waals surface area contributed by atoms with Crippen molar-refractivity contribution in [3.05, 3.63) is 101 Å². The number of ether oxygens (including phenoxy) is 1.